The van der Waals surface area contributed by atoms with Gasteiger partial charge in [0.1, 0.15) is 5.75 Å². The van der Waals surface area contributed by atoms with Gasteiger partial charge in [-0.2, -0.15) is 0 Å². The molecule has 2 bridgehead atoms. The second-order valence-electron chi connectivity index (χ2n) is 10.4. The van der Waals surface area contributed by atoms with Gasteiger partial charge in [0, 0.05) is 0 Å². The number of amides is 2. The zero-order chi connectivity index (χ0) is 26.7. The van der Waals surface area contributed by atoms with Crippen LogP contribution >= 0.6 is 0 Å². The molecule has 3 aliphatic rings. The molecule has 5 nitrogen and oxygen atoms in total. The normalized spacial score (nSPS) is 27.9. The van der Waals surface area contributed by atoms with Crippen LogP contribution in [0, 0.1) is 22.7 Å². The highest BCUT2D eigenvalue weighted by Crippen LogP contribution is 2.75. The molecule has 2 fully saturated rings. The molecule has 1 heterocycles. The van der Waals surface area contributed by atoms with Crippen molar-refractivity contribution >= 4 is 34.4 Å². The third kappa shape index (κ3) is 2.90. The van der Waals surface area contributed by atoms with E-state index in [0.717, 1.165) is 22.3 Å². The molecular formula is C33H31NO4. The summed E-state index contributed by atoms with van der Waals surface area (Å²) in [6, 6.07) is 26.9. The number of carbonyl (C=O) groups is 3. The minimum absolute atomic E-state index is 0.0238. The summed E-state index contributed by atoms with van der Waals surface area (Å²) in [5.74, 6) is -1.33. The summed E-state index contributed by atoms with van der Waals surface area (Å²) >= 11 is 0. The number of anilines is 1. The summed E-state index contributed by atoms with van der Waals surface area (Å²) in [7, 11) is 0. The zero-order valence-corrected chi connectivity index (χ0v) is 21.9. The Balaban J connectivity index is 1.60. The Morgan fingerprint density at radius 1 is 0.658 bits per heavy atom. The van der Waals surface area contributed by atoms with Gasteiger partial charge in [0.2, 0.25) is 11.8 Å². The molecule has 2 aliphatic carbocycles. The van der Waals surface area contributed by atoms with Gasteiger partial charge in [0.25, 0.3) is 0 Å². The second-order valence-corrected chi connectivity index (χ2v) is 10.4. The van der Waals surface area contributed by atoms with Crippen molar-refractivity contribution in [3.05, 3.63) is 96.1 Å². The highest BCUT2D eigenvalue weighted by molar-refractivity contribution is 6.34. The van der Waals surface area contributed by atoms with Crippen LogP contribution in [0.2, 0.25) is 0 Å². The summed E-state index contributed by atoms with van der Waals surface area (Å²) in [4.78, 5) is 44.6. The number of ether oxygens (including phenoxy) is 1. The first-order chi connectivity index (χ1) is 18.5. The Kier molecular flexibility index (Phi) is 5.64. The predicted molar refractivity (Wildman–Crippen MR) is 147 cm³/mol. The van der Waals surface area contributed by atoms with Gasteiger partial charge in [-0.15, -0.1) is 0 Å². The first-order valence-corrected chi connectivity index (χ1v) is 13.5. The molecule has 6 rings (SSSR count). The van der Waals surface area contributed by atoms with E-state index in [0.29, 0.717) is 30.9 Å². The van der Waals surface area contributed by atoms with E-state index < -0.39 is 22.7 Å². The van der Waals surface area contributed by atoms with Crippen LogP contribution in [0.1, 0.15) is 44.7 Å². The highest BCUT2D eigenvalue weighted by Gasteiger charge is 2.80. The fourth-order valence-corrected chi connectivity index (χ4v) is 7.57. The lowest BCUT2D eigenvalue weighted by Crippen LogP contribution is -2.41. The average molecular weight is 506 g/mol. The lowest BCUT2D eigenvalue weighted by Gasteiger charge is -2.38. The topological polar surface area (TPSA) is 63.7 Å². The zero-order valence-electron chi connectivity index (χ0n) is 21.9. The summed E-state index contributed by atoms with van der Waals surface area (Å²) in [5.41, 5.74) is 2.08. The van der Waals surface area contributed by atoms with E-state index in [1.54, 1.807) is 24.3 Å². The Morgan fingerprint density at radius 2 is 1.11 bits per heavy atom. The van der Waals surface area contributed by atoms with Crippen molar-refractivity contribution in [2.24, 2.45) is 22.7 Å². The molecule has 2 amide bonds. The Bertz CT molecular complexity index is 1370. The van der Waals surface area contributed by atoms with Crippen LogP contribution in [0.15, 0.2) is 84.9 Å². The van der Waals surface area contributed by atoms with E-state index in [1.165, 1.54) is 4.90 Å². The van der Waals surface area contributed by atoms with Gasteiger partial charge in [-0.3, -0.25) is 14.4 Å². The minimum Gasteiger partial charge on any atom is -0.494 e. The maximum atomic E-state index is 14.7. The van der Waals surface area contributed by atoms with E-state index in [2.05, 4.69) is 0 Å². The molecule has 3 aromatic rings. The van der Waals surface area contributed by atoms with Gasteiger partial charge >= 0.3 is 0 Å². The molecule has 0 spiro atoms. The van der Waals surface area contributed by atoms with Gasteiger partial charge in [-0.1, -0.05) is 74.5 Å². The van der Waals surface area contributed by atoms with Crippen LogP contribution < -0.4 is 9.64 Å². The lowest BCUT2D eigenvalue weighted by molar-refractivity contribution is -0.134. The van der Waals surface area contributed by atoms with Gasteiger partial charge in [0.15, 0.2) is 5.78 Å². The molecular weight excluding hydrogens is 474 g/mol. The predicted octanol–water partition coefficient (Wildman–Crippen LogP) is 6.19. The van der Waals surface area contributed by atoms with E-state index in [-0.39, 0.29) is 17.6 Å². The van der Waals surface area contributed by atoms with E-state index in [9.17, 15) is 14.4 Å². The van der Waals surface area contributed by atoms with Crippen LogP contribution in [-0.4, -0.2) is 24.2 Å². The molecule has 38 heavy (non-hydrogen) atoms. The smallest absolute Gasteiger partial charge is 0.239 e. The first kappa shape index (κ1) is 24.4. The maximum absolute atomic E-state index is 14.7. The number of Topliss-reactive ketones (excluding diaryl/α,β-unsaturated/α-hetero) is 1. The first-order valence-electron chi connectivity index (χ1n) is 13.5. The fraction of sp³-hybridized carbons (Fsp3) is 0.303. The number of hydrogen-bond donors (Lipinski definition) is 0. The van der Waals surface area contributed by atoms with Crippen molar-refractivity contribution in [2.45, 2.75) is 33.6 Å². The summed E-state index contributed by atoms with van der Waals surface area (Å²) < 4.78 is 5.56. The van der Waals surface area contributed by atoms with E-state index in [4.69, 9.17) is 4.74 Å². The molecule has 0 N–H and O–H groups in total. The average Bonchev–Trinajstić information content (AvgIpc) is 3.46. The lowest BCUT2D eigenvalue weighted by atomic mass is 9.60. The third-order valence-corrected chi connectivity index (χ3v) is 8.97. The number of ketones is 1. The molecule has 3 aromatic carbocycles. The standard InChI is InChI=1S/C33H31NO4/c1-4-32-25(21-13-9-7-10-14-21)26(22-15-11-8-12-16-22)33(5-2,31(32)37)28-27(32)29(35)34(30(28)36)23-17-19-24(20-18-23)38-6-3/h7-20,27-28H,4-6H2,1-3H3/t27-,28+,32-,33+. The molecule has 1 aliphatic heterocycles. The van der Waals surface area contributed by atoms with Crippen molar-refractivity contribution in [1.82, 2.24) is 0 Å². The number of benzene rings is 3. The van der Waals surface area contributed by atoms with Gasteiger partial charge in [-0.05, 0) is 66.3 Å². The Labute approximate surface area is 223 Å². The SMILES string of the molecule is CCOc1ccc(N2C(=O)[C@@H]3[C@H](C2=O)[C@]2(CC)C(=O)[C@@]3(CC)C(c3ccccc3)=C2c2ccccc2)cc1. The monoisotopic (exact) mass is 505 g/mol. The molecule has 1 saturated heterocycles. The van der Waals surface area contributed by atoms with Gasteiger partial charge in [-0.25, -0.2) is 4.90 Å². The summed E-state index contributed by atoms with van der Waals surface area (Å²) in [5, 5.41) is 0. The highest BCUT2D eigenvalue weighted by atomic mass is 16.5. The fourth-order valence-electron chi connectivity index (χ4n) is 7.57. The second kappa shape index (κ2) is 8.80. The molecule has 4 atom stereocenters. The van der Waals surface area contributed by atoms with Crippen LogP contribution in [0.4, 0.5) is 5.69 Å². The van der Waals surface area contributed by atoms with Crippen molar-refractivity contribution in [2.75, 3.05) is 11.5 Å². The molecule has 5 heteroatoms. The molecule has 192 valence electrons. The largest absolute Gasteiger partial charge is 0.494 e. The molecule has 0 radical (unpaired) electrons. The Hall–Kier alpha value is -3.99. The Morgan fingerprint density at radius 3 is 1.50 bits per heavy atom. The maximum Gasteiger partial charge on any atom is 0.239 e. The van der Waals surface area contributed by atoms with Crippen molar-refractivity contribution in [3.63, 3.8) is 0 Å². The molecule has 0 aromatic heterocycles. The number of hydrogen-bond acceptors (Lipinski definition) is 4. The van der Waals surface area contributed by atoms with E-state index in [1.807, 2.05) is 81.4 Å². The van der Waals surface area contributed by atoms with Crippen LogP contribution in [0.3, 0.4) is 0 Å². The van der Waals surface area contributed by atoms with Crippen molar-refractivity contribution in [3.8, 4) is 5.75 Å². The summed E-state index contributed by atoms with van der Waals surface area (Å²) in [6.07, 6.45) is 0.900. The van der Waals surface area contributed by atoms with Crippen LogP contribution in [0.25, 0.3) is 11.1 Å². The minimum atomic E-state index is -1.07. The van der Waals surface area contributed by atoms with Crippen LogP contribution in [0.5, 0.6) is 5.75 Å². The van der Waals surface area contributed by atoms with Gasteiger partial charge < -0.3 is 4.74 Å². The number of allylic oxidation sites excluding steroid dienone is 2. The molecule has 1 saturated carbocycles. The van der Waals surface area contributed by atoms with Crippen LogP contribution in [-0.2, 0) is 14.4 Å². The number of nitrogens with zero attached hydrogens (tertiary/aromatic N) is 1. The number of fused-ring (bicyclic) bond motifs is 5. The van der Waals surface area contributed by atoms with Crippen molar-refractivity contribution in [1.29, 1.82) is 0 Å². The van der Waals surface area contributed by atoms with Crippen molar-refractivity contribution < 1.29 is 19.1 Å². The quantitative estimate of drug-likeness (QED) is 0.359. The number of imide groups is 1. The third-order valence-electron chi connectivity index (χ3n) is 8.97. The van der Waals surface area contributed by atoms with Gasteiger partial charge in [0.05, 0.1) is 35.0 Å². The summed E-state index contributed by atoms with van der Waals surface area (Å²) in [6.45, 7) is 6.40. The van der Waals surface area contributed by atoms with E-state index >= 15 is 0 Å². The molecule has 0 unspecified atom stereocenters. The number of rotatable bonds is 7. The number of carbonyl (C=O) groups excluding carboxylic acids is 3.